The molecule has 2 fully saturated rings. The summed E-state index contributed by atoms with van der Waals surface area (Å²) in [6.45, 7) is 9.52. The van der Waals surface area contributed by atoms with Gasteiger partial charge in [0.25, 0.3) is 17.6 Å². The average molecular weight is 532 g/mol. The molecular weight excluding hydrogens is 498 g/mol. The number of para-hydroxylation sites is 1. The van der Waals surface area contributed by atoms with Crippen molar-refractivity contribution in [1.29, 1.82) is 0 Å². The van der Waals surface area contributed by atoms with Crippen LogP contribution in [-0.4, -0.2) is 85.0 Å². The van der Waals surface area contributed by atoms with Crippen molar-refractivity contribution in [2.75, 3.05) is 57.4 Å². The second kappa shape index (κ2) is 11.0. The lowest BCUT2D eigenvalue weighted by atomic mass is 9.82. The number of nitrogens with zero attached hydrogens (tertiary/aromatic N) is 3. The first kappa shape index (κ1) is 26.6. The Morgan fingerprint density at radius 3 is 2.46 bits per heavy atom. The highest BCUT2D eigenvalue weighted by atomic mass is 16.5. The molecule has 5 rings (SSSR count). The Morgan fingerprint density at radius 2 is 1.77 bits per heavy atom. The number of carbonyl (C=O) groups is 3. The van der Waals surface area contributed by atoms with E-state index in [0.717, 1.165) is 0 Å². The van der Waals surface area contributed by atoms with Crippen molar-refractivity contribution in [1.82, 2.24) is 9.80 Å². The van der Waals surface area contributed by atoms with Crippen molar-refractivity contribution in [3.05, 3.63) is 77.9 Å². The first-order chi connectivity index (χ1) is 18.9. The molecule has 0 aromatic heterocycles. The quantitative estimate of drug-likeness (QED) is 0.230. The Kier molecular flexibility index (Phi) is 7.54. The lowest BCUT2D eigenvalue weighted by Crippen LogP contribution is -2.54. The molecule has 1 N–H and O–H groups in total. The highest BCUT2D eigenvalue weighted by Crippen LogP contribution is 2.53. The summed E-state index contributed by atoms with van der Waals surface area (Å²) in [5, 5.41) is 11.6. The number of anilines is 1. The SMILES string of the molecule is C=CCOc1ccc(/C(O)=C2/C(=O)C(=O)N(CCN3CCOCC3)C23C(=O)N(CCC)c2ccccc23)cc1. The minimum absolute atomic E-state index is 0.149. The summed E-state index contributed by atoms with van der Waals surface area (Å²) in [6, 6.07) is 13.8. The molecule has 1 spiro atoms. The van der Waals surface area contributed by atoms with Gasteiger partial charge in [0, 0.05) is 43.9 Å². The van der Waals surface area contributed by atoms with Crippen molar-refractivity contribution in [3.63, 3.8) is 0 Å². The second-order valence-corrected chi connectivity index (χ2v) is 9.77. The maximum Gasteiger partial charge on any atom is 0.296 e. The number of hydrogen-bond acceptors (Lipinski definition) is 7. The van der Waals surface area contributed by atoms with Crippen LogP contribution in [0.25, 0.3) is 5.76 Å². The molecule has 2 aromatic rings. The van der Waals surface area contributed by atoms with Crippen molar-refractivity contribution in [3.8, 4) is 5.75 Å². The molecule has 0 bridgehead atoms. The third-order valence-corrected chi connectivity index (χ3v) is 7.50. The van der Waals surface area contributed by atoms with Crippen LogP contribution in [0.2, 0.25) is 0 Å². The molecule has 3 heterocycles. The molecule has 2 saturated heterocycles. The summed E-state index contributed by atoms with van der Waals surface area (Å²) in [5.74, 6) is -1.90. The molecule has 39 heavy (non-hydrogen) atoms. The van der Waals surface area contributed by atoms with Gasteiger partial charge in [-0.05, 0) is 36.8 Å². The second-order valence-electron chi connectivity index (χ2n) is 9.77. The van der Waals surface area contributed by atoms with E-state index in [-0.39, 0.29) is 17.9 Å². The molecule has 9 nitrogen and oxygen atoms in total. The average Bonchev–Trinajstić information content (AvgIpc) is 3.34. The topological polar surface area (TPSA) is 99.6 Å². The van der Waals surface area contributed by atoms with Crippen molar-refractivity contribution in [2.45, 2.75) is 18.9 Å². The van der Waals surface area contributed by atoms with Crippen LogP contribution in [0.5, 0.6) is 5.75 Å². The van der Waals surface area contributed by atoms with Gasteiger partial charge in [-0.2, -0.15) is 0 Å². The van der Waals surface area contributed by atoms with Gasteiger partial charge in [0.05, 0.1) is 24.5 Å². The smallest absolute Gasteiger partial charge is 0.296 e. The van der Waals surface area contributed by atoms with Crippen LogP contribution >= 0.6 is 0 Å². The molecule has 0 aliphatic carbocycles. The van der Waals surface area contributed by atoms with Crippen LogP contribution in [0.1, 0.15) is 24.5 Å². The van der Waals surface area contributed by atoms with Gasteiger partial charge in [-0.25, -0.2) is 0 Å². The van der Waals surface area contributed by atoms with Gasteiger partial charge < -0.3 is 24.4 Å². The zero-order chi connectivity index (χ0) is 27.6. The number of morpholine rings is 1. The molecule has 2 aromatic carbocycles. The van der Waals surface area contributed by atoms with Crippen molar-refractivity contribution in [2.24, 2.45) is 0 Å². The van der Waals surface area contributed by atoms with E-state index in [1.54, 1.807) is 47.4 Å². The Bertz CT molecular complexity index is 1310. The number of aliphatic hydroxyl groups excluding tert-OH is 1. The van der Waals surface area contributed by atoms with Crippen LogP contribution in [-0.2, 0) is 24.7 Å². The number of aliphatic hydroxyl groups is 1. The third kappa shape index (κ3) is 4.41. The van der Waals surface area contributed by atoms with Crippen LogP contribution in [0.3, 0.4) is 0 Å². The van der Waals surface area contributed by atoms with Gasteiger partial charge in [0.2, 0.25) is 0 Å². The first-order valence-corrected chi connectivity index (χ1v) is 13.3. The Morgan fingerprint density at radius 1 is 1.05 bits per heavy atom. The Balaban J connectivity index is 1.66. The number of hydrogen-bond donors (Lipinski definition) is 1. The lowest BCUT2D eigenvalue weighted by molar-refractivity contribution is -0.144. The van der Waals surface area contributed by atoms with Gasteiger partial charge in [0.15, 0.2) is 5.54 Å². The molecule has 1 unspecified atom stereocenters. The number of likely N-dealkylation sites (tertiary alicyclic amines) is 1. The number of benzene rings is 2. The number of carbonyl (C=O) groups excluding carboxylic acids is 3. The number of rotatable bonds is 9. The van der Waals surface area contributed by atoms with E-state index in [9.17, 15) is 19.5 Å². The molecule has 1 atom stereocenters. The van der Waals surface area contributed by atoms with Crippen LogP contribution in [0.15, 0.2) is 66.8 Å². The van der Waals surface area contributed by atoms with Gasteiger partial charge in [-0.15, -0.1) is 0 Å². The van der Waals surface area contributed by atoms with Gasteiger partial charge in [-0.3, -0.25) is 19.3 Å². The third-order valence-electron chi connectivity index (χ3n) is 7.50. The summed E-state index contributed by atoms with van der Waals surface area (Å²) in [7, 11) is 0. The molecule has 3 aliphatic rings. The van der Waals surface area contributed by atoms with Gasteiger partial charge in [0.1, 0.15) is 18.1 Å². The van der Waals surface area contributed by atoms with E-state index < -0.39 is 23.1 Å². The summed E-state index contributed by atoms with van der Waals surface area (Å²) >= 11 is 0. The fourth-order valence-corrected chi connectivity index (χ4v) is 5.69. The molecule has 9 heteroatoms. The zero-order valence-corrected chi connectivity index (χ0v) is 22.1. The largest absolute Gasteiger partial charge is 0.507 e. The maximum absolute atomic E-state index is 14.4. The van der Waals surface area contributed by atoms with E-state index >= 15 is 0 Å². The Labute approximate surface area is 227 Å². The molecule has 0 saturated carbocycles. The minimum Gasteiger partial charge on any atom is -0.507 e. The van der Waals surface area contributed by atoms with Crippen LogP contribution < -0.4 is 9.64 Å². The molecule has 204 valence electrons. The standard InChI is InChI=1S/C30H33N3O6/c1-3-13-32-24-8-6-5-7-23(24)30(29(32)37)25(26(34)21-9-11-22(12-10-21)39-18-4-2)27(35)28(36)33(30)15-14-31-16-19-38-20-17-31/h4-12,34H,2-3,13-20H2,1H3/b26-25+. The summed E-state index contributed by atoms with van der Waals surface area (Å²) in [6.07, 6.45) is 2.31. The lowest BCUT2D eigenvalue weighted by Gasteiger charge is -2.36. The highest BCUT2D eigenvalue weighted by Gasteiger charge is 2.66. The fourth-order valence-electron chi connectivity index (χ4n) is 5.69. The molecular formula is C30H33N3O6. The predicted molar refractivity (Wildman–Crippen MR) is 146 cm³/mol. The van der Waals surface area contributed by atoms with E-state index in [1.165, 1.54) is 4.90 Å². The molecule has 3 aliphatic heterocycles. The van der Waals surface area contributed by atoms with Crippen LogP contribution in [0, 0.1) is 0 Å². The number of Topliss-reactive ketones (excluding diaryl/α,β-unsaturated/α-hetero) is 1. The number of fused-ring (bicyclic) bond motifs is 2. The molecule has 2 amide bonds. The van der Waals surface area contributed by atoms with Crippen molar-refractivity contribution >= 4 is 29.0 Å². The predicted octanol–water partition coefficient (Wildman–Crippen LogP) is 2.92. The number of amides is 2. The van der Waals surface area contributed by atoms with E-state index in [4.69, 9.17) is 9.47 Å². The monoisotopic (exact) mass is 531 g/mol. The molecule has 0 radical (unpaired) electrons. The Hall–Kier alpha value is -3.95. The number of ether oxygens (including phenoxy) is 2. The zero-order valence-electron chi connectivity index (χ0n) is 22.1. The maximum atomic E-state index is 14.4. The van der Waals surface area contributed by atoms with Gasteiger partial charge >= 0.3 is 0 Å². The summed E-state index contributed by atoms with van der Waals surface area (Å²) in [5.41, 5.74) is -0.483. The van der Waals surface area contributed by atoms with E-state index in [2.05, 4.69) is 11.5 Å². The summed E-state index contributed by atoms with van der Waals surface area (Å²) < 4.78 is 11.0. The summed E-state index contributed by atoms with van der Waals surface area (Å²) in [4.78, 5) is 46.9. The fraction of sp³-hybridized carbons (Fsp3) is 0.367. The highest BCUT2D eigenvalue weighted by molar-refractivity contribution is 6.50. The minimum atomic E-state index is -1.76. The number of ketones is 1. The van der Waals surface area contributed by atoms with E-state index in [1.807, 2.05) is 19.1 Å². The first-order valence-electron chi connectivity index (χ1n) is 13.3. The van der Waals surface area contributed by atoms with Crippen molar-refractivity contribution < 1.29 is 29.0 Å². The normalized spacial score (nSPS) is 22.5. The van der Waals surface area contributed by atoms with Gasteiger partial charge in [-0.1, -0.05) is 37.8 Å². The van der Waals surface area contributed by atoms with Crippen LogP contribution in [0.4, 0.5) is 5.69 Å². The van der Waals surface area contributed by atoms with E-state index in [0.29, 0.717) is 75.0 Å².